The molecular formula is C18H18N2O3. The molecule has 1 atom stereocenters. The molecule has 2 amide bonds. The van der Waals surface area contributed by atoms with E-state index >= 15 is 0 Å². The van der Waals surface area contributed by atoms with Crippen LogP contribution >= 0.6 is 0 Å². The summed E-state index contributed by atoms with van der Waals surface area (Å²) in [5.74, 6) is 0.130. The highest BCUT2D eigenvalue weighted by atomic mass is 16.5. The molecule has 0 radical (unpaired) electrons. The van der Waals surface area contributed by atoms with Crippen LogP contribution in [0.2, 0.25) is 0 Å². The fourth-order valence-corrected chi connectivity index (χ4v) is 2.40. The fourth-order valence-electron chi connectivity index (χ4n) is 2.40. The van der Waals surface area contributed by atoms with Gasteiger partial charge in [-0.25, -0.2) is 0 Å². The molecule has 1 aliphatic heterocycles. The van der Waals surface area contributed by atoms with Crippen molar-refractivity contribution in [1.29, 1.82) is 0 Å². The molecular weight excluding hydrogens is 292 g/mol. The van der Waals surface area contributed by atoms with Crippen LogP contribution < -0.4 is 15.4 Å². The second-order valence-corrected chi connectivity index (χ2v) is 5.60. The van der Waals surface area contributed by atoms with Gasteiger partial charge in [0.1, 0.15) is 5.75 Å². The smallest absolute Gasteiger partial charge is 0.267 e. The average Bonchev–Trinajstić information content (AvgIpc) is 2.55. The molecule has 0 spiro atoms. The van der Waals surface area contributed by atoms with E-state index in [9.17, 15) is 9.59 Å². The lowest BCUT2D eigenvalue weighted by Gasteiger charge is -2.25. The second kappa shape index (κ2) is 6.12. The first-order valence-electron chi connectivity index (χ1n) is 7.46. The predicted molar refractivity (Wildman–Crippen MR) is 87.7 cm³/mol. The van der Waals surface area contributed by atoms with Gasteiger partial charge >= 0.3 is 0 Å². The van der Waals surface area contributed by atoms with E-state index in [0.717, 1.165) is 11.1 Å². The van der Waals surface area contributed by atoms with Crippen molar-refractivity contribution >= 4 is 17.5 Å². The van der Waals surface area contributed by atoms with Gasteiger partial charge in [-0.2, -0.15) is 0 Å². The molecule has 0 saturated carbocycles. The molecule has 2 aromatic carbocycles. The first kappa shape index (κ1) is 15.1. The van der Waals surface area contributed by atoms with Gasteiger partial charge in [-0.05, 0) is 49.2 Å². The number of benzene rings is 2. The zero-order valence-electron chi connectivity index (χ0n) is 13.1. The lowest BCUT2D eigenvalue weighted by molar-refractivity contribution is -0.123. The van der Waals surface area contributed by atoms with Crippen LogP contribution in [0.15, 0.2) is 42.5 Å². The number of ether oxygens (including phenoxy) is 1. The first-order valence-corrected chi connectivity index (χ1v) is 7.46. The third-order valence-electron chi connectivity index (χ3n) is 3.92. The number of para-hydroxylation sites is 2. The number of carbonyl (C=O) groups is 2. The SMILES string of the molecule is Cc1ccc(C(=O)NCC2Oc3ccccc3NC2=O)cc1C. The van der Waals surface area contributed by atoms with Gasteiger partial charge in [0.15, 0.2) is 6.10 Å². The number of anilines is 1. The van der Waals surface area contributed by atoms with Crippen molar-refractivity contribution in [1.82, 2.24) is 5.32 Å². The molecule has 2 N–H and O–H groups in total. The van der Waals surface area contributed by atoms with Crippen LogP contribution in [0.25, 0.3) is 0 Å². The molecule has 1 heterocycles. The van der Waals surface area contributed by atoms with E-state index < -0.39 is 6.10 Å². The fraction of sp³-hybridized carbons (Fsp3) is 0.222. The minimum Gasteiger partial charge on any atom is -0.477 e. The number of fused-ring (bicyclic) bond motifs is 1. The molecule has 5 heteroatoms. The van der Waals surface area contributed by atoms with E-state index in [4.69, 9.17) is 4.74 Å². The maximum absolute atomic E-state index is 12.2. The molecule has 23 heavy (non-hydrogen) atoms. The monoisotopic (exact) mass is 310 g/mol. The Morgan fingerprint density at radius 2 is 1.96 bits per heavy atom. The van der Waals surface area contributed by atoms with Crippen molar-refractivity contribution in [2.75, 3.05) is 11.9 Å². The summed E-state index contributed by atoms with van der Waals surface area (Å²) >= 11 is 0. The number of nitrogens with one attached hydrogen (secondary N) is 2. The largest absolute Gasteiger partial charge is 0.477 e. The van der Waals surface area contributed by atoms with Crippen LogP contribution in [0.1, 0.15) is 21.5 Å². The third-order valence-corrected chi connectivity index (χ3v) is 3.92. The van der Waals surface area contributed by atoms with Crippen molar-refractivity contribution in [2.24, 2.45) is 0 Å². The van der Waals surface area contributed by atoms with Crippen molar-refractivity contribution < 1.29 is 14.3 Å². The highest BCUT2D eigenvalue weighted by Gasteiger charge is 2.27. The molecule has 1 aliphatic rings. The van der Waals surface area contributed by atoms with E-state index in [0.29, 0.717) is 17.0 Å². The van der Waals surface area contributed by atoms with E-state index in [1.165, 1.54) is 0 Å². The molecule has 0 bridgehead atoms. The summed E-state index contributed by atoms with van der Waals surface area (Å²) < 4.78 is 5.65. The lowest BCUT2D eigenvalue weighted by atomic mass is 10.1. The molecule has 1 unspecified atom stereocenters. The normalized spacial score (nSPS) is 16.1. The first-order chi connectivity index (χ1) is 11.0. The Morgan fingerprint density at radius 3 is 2.74 bits per heavy atom. The number of hydrogen-bond donors (Lipinski definition) is 2. The number of amides is 2. The highest BCUT2D eigenvalue weighted by Crippen LogP contribution is 2.28. The number of carbonyl (C=O) groups excluding carboxylic acids is 2. The van der Waals surface area contributed by atoms with Crippen molar-refractivity contribution in [3.63, 3.8) is 0 Å². The third kappa shape index (κ3) is 3.18. The average molecular weight is 310 g/mol. The Kier molecular flexibility index (Phi) is 4.02. The minimum atomic E-state index is -0.736. The number of hydrogen-bond acceptors (Lipinski definition) is 3. The van der Waals surface area contributed by atoms with Crippen molar-refractivity contribution in [3.8, 4) is 5.75 Å². The molecule has 0 saturated heterocycles. The van der Waals surface area contributed by atoms with E-state index in [-0.39, 0.29) is 18.4 Å². The minimum absolute atomic E-state index is 0.117. The topological polar surface area (TPSA) is 67.4 Å². The van der Waals surface area contributed by atoms with Crippen LogP contribution in [0, 0.1) is 13.8 Å². The molecule has 0 aliphatic carbocycles. The van der Waals surface area contributed by atoms with E-state index in [1.54, 1.807) is 18.2 Å². The molecule has 5 nitrogen and oxygen atoms in total. The summed E-state index contributed by atoms with van der Waals surface area (Å²) in [6.07, 6.45) is -0.736. The van der Waals surface area contributed by atoms with Crippen LogP contribution in [0.5, 0.6) is 5.75 Å². The number of rotatable bonds is 3. The quantitative estimate of drug-likeness (QED) is 0.915. The Balaban J connectivity index is 1.65. The van der Waals surface area contributed by atoms with Gasteiger partial charge in [0, 0.05) is 5.56 Å². The van der Waals surface area contributed by atoms with Crippen LogP contribution in [-0.2, 0) is 4.79 Å². The predicted octanol–water partition coefficient (Wildman–Crippen LogP) is 2.43. The molecule has 2 aromatic rings. The van der Waals surface area contributed by atoms with Crippen LogP contribution in [0.4, 0.5) is 5.69 Å². The highest BCUT2D eigenvalue weighted by molar-refractivity contribution is 5.99. The summed E-state index contributed by atoms with van der Waals surface area (Å²) in [4.78, 5) is 24.2. The summed E-state index contributed by atoms with van der Waals surface area (Å²) in [6.45, 7) is 4.07. The Bertz CT molecular complexity index is 771. The van der Waals surface area contributed by atoms with Gasteiger partial charge in [0.2, 0.25) is 0 Å². The zero-order valence-corrected chi connectivity index (χ0v) is 13.1. The molecule has 3 rings (SSSR count). The summed E-state index contributed by atoms with van der Waals surface area (Å²) in [7, 11) is 0. The summed E-state index contributed by atoms with van der Waals surface area (Å²) in [5.41, 5.74) is 3.41. The van der Waals surface area contributed by atoms with E-state index in [1.807, 2.05) is 38.1 Å². The van der Waals surface area contributed by atoms with Gasteiger partial charge in [-0.1, -0.05) is 18.2 Å². The van der Waals surface area contributed by atoms with Gasteiger partial charge in [-0.3, -0.25) is 9.59 Å². The maximum atomic E-state index is 12.2. The molecule has 0 fully saturated rings. The van der Waals surface area contributed by atoms with Crippen molar-refractivity contribution in [2.45, 2.75) is 20.0 Å². The van der Waals surface area contributed by atoms with Gasteiger partial charge in [0.05, 0.1) is 12.2 Å². The Labute approximate surface area is 134 Å². The number of aryl methyl sites for hydroxylation is 2. The van der Waals surface area contributed by atoms with Gasteiger partial charge < -0.3 is 15.4 Å². The Hall–Kier alpha value is -2.82. The zero-order chi connectivity index (χ0) is 16.4. The summed E-state index contributed by atoms with van der Waals surface area (Å²) in [5, 5.41) is 5.53. The second-order valence-electron chi connectivity index (χ2n) is 5.60. The molecule has 118 valence electrons. The summed E-state index contributed by atoms with van der Waals surface area (Å²) in [6, 6.07) is 12.7. The lowest BCUT2D eigenvalue weighted by Crippen LogP contribution is -2.45. The Morgan fingerprint density at radius 1 is 1.17 bits per heavy atom. The van der Waals surface area contributed by atoms with E-state index in [2.05, 4.69) is 10.6 Å². The van der Waals surface area contributed by atoms with Gasteiger partial charge in [-0.15, -0.1) is 0 Å². The standard InChI is InChI=1S/C18H18N2O3/c1-11-7-8-13(9-12(11)2)17(21)19-10-16-18(22)20-14-5-3-4-6-15(14)23-16/h3-9,16H,10H2,1-2H3,(H,19,21)(H,20,22). The molecule has 0 aromatic heterocycles. The van der Waals surface area contributed by atoms with Crippen LogP contribution in [-0.4, -0.2) is 24.5 Å². The maximum Gasteiger partial charge on any atom is 0.267 e. The van der Waals surface area contributed by atoms with Crippen LogP contribution in [0.3, 0.4) is 0 Å². The van der Waals surface area contributed by atoms with Crippen molar-refractivity contribution in [3.05, 3.63) is 59.2 Å². The van der Waals surface area contributed by atoms with Gasteiger partial charge in [0.25, 0.3) is 11.8 Å².